The van der Waals surface area contributed by atoms with Crippen LogP contribution in [-0.4, -0.2) is 24.3 Å². The van der Waals surface area contributed by atoms with Gasteiger partial charge in [0, 0.05) is 24.9 Å². The summed E-state index contributed by atoms with van der Waals surface area (Å²) in [7, 11) is 0. The van der Waals surface area contributed by atoms with Gasteiger partial charge in [0.15, 0.2) is 0 Å². The number of carbonyl (C=O) groups excluding carboxylic acids is 3. The molecule has 2 aromatic rings. The van der Waals surface area contributed by atoms with Crippen LogP contribution >= 0.6 is 0 Å². The molecule has 0 atom stereocenters. The maximum Gasteiger partial charge on any atom is 0.269 e. The number of hydrogen-bond acceptors (Lipinski definition) is 4. The van der Waals surface area contributed by atoms with E-state index in [9.17, 15) is 14.4 Å². The number of nitrogens with one attached hydrogen (secondary N) is 3. The first-order valence-electron chi connectivity index (χ1n) is 8.71. The highest BCUT2D eigenvalue weighted by Gasteiger charge is 2.10. The molecule has 0 fully saturated rings. The molecule has 0 aliphatic rings. The van der Waals surface area contributed by atoms with E-state index in [2.05, 4.69) is 16.2 Å². The molecular weight excluding hydrogens is 346 g/mol. The number of amides is 3. The standard InChI is InChI=1S/C20H23N3O4/c1-2-27-17-10-6-9-16(13-17)20(26)23-22-19(25)12-11-18(24)21-14-15-7-4-3-5-8-15/h3-10,13H,2,11-12,14H2,1H3,(H,21,24)(H,22,25)(H,23,26). The van der Waals surface area contributed by atoms with E-state index in [1.807, 2.05) is 37.3 Å². The van der Waals surface area contributed by atoms with Crippen LogP contribution in [0.15, 0.2) is 54.6 Å². The van der Waals surface area contributed by atoms with Gasteiger partial charge in [0.25, 0.3) is 5.91 Å². The van der Waals surface area contributed by atoms with Crippen molar-refractivity contribution in [2.24, 2.45) is 0 Å². The van der Waals surface area contributed by atoms with Crippen LogP contribution in [0.4, 0.5) is 0 Å². The van der Waals surface area contributed by atoms with E-state index >= 15 is 0 Å². The molecule has 3 amide bonds. The molecule has 0 radical (unpaired) electrons. The van der Waals surface area contributed by atoms with Crippen molar-refractivity contribution in [3.8, 4) is 5.75 Å². The summed E-state index contributed by atoms with van der Waals surface area (Å²) < 4.78 is 5.33. The minimum absolute atomic E-state index is 0.0279. The number of carbonyl (C=O) groups is 3. The van der Waals surface area contributed by atoms with E-state index in [-0.39, 0.29) is 18.7 Å². The number of hydrogen-bond donors (Lipinski definition) is 3. The molecule has 2 rings (SSSR count). The molecule has 7 heteroatoms. The van der Waals surface area contributed by atoms with Gasteiger partial charge in [0.1, 0.15) is 5.75 Å². The third-order valence-electron chi connectivity index (χ3n) is 3.63. The summed E-state index contributed by atoms with van der Waals surface area (Å²) in [6.45, 7) is 2.76. The molecule has 3 N–H and O–H groups in total. The van der Waals surface area contributed by atoms with Crippen LogP contribution in [0.25, 0.3) is 0 Å². The Bertz CT molecular complexity index is 778. The minimum Gasteiger partial charge on any atom is -0.494 e. The SMILES string of the molecule is CCOc1cccc(C(=O)NNC(=O)CCC(=O)NCc2ccccc2)c1. The van der Waals surface area contributed by atoms with Gasteiger partial charge in [-0.2, -0.15) is 0 Å². The van der Waals surface area contributed by atoms with Gasteiger partial charge >= 0.3 is 0 Å². The Morgan fingerprint density at radius 3 is 2.37 bits per heavy atom. The molecule has 27 heavy (non-hydrogen) atoms. The number of benzene rings is 2. The molecule has 0 saturated carbocycles. The van der Waals surface area contributed by atoms with E-state index in [1.165, 1.54) is 0 Å². The highest BCUT2D eigenvalue weighted by atomic mass is 16.5. The summed E-state index contributed by atoms with van der Waals surface area (Å²) in [5.41, 5.74) is 5.97. The van der Waals surface area contributed by atoms with Gasteiger partial charge in [-0.3, -0.25) is 25.2 Å². The van der Waals surface area contributed by atoms with Crippen LogP contribution in [0.2, 0.25) is 0 Å². The van der Waals surface area contributed by atoms with E-state index in [1.54, 1.807) is 24.3 Å². The van der Waals surface area contributed by atoms with Gasteiger partial charge in [-0.15, -0.1) is 0 Å². The zero-order chi connectivity index (χ0) is 19.5. The number of rotatable bonds is 8. The topological polar surface area (TPSA) is 96.5 Å². The second kappa shape index (κ2) is 10.6. The Balaban J connectivity index is 1.68. The van der Waals surface area contributed by atoms with E-state index < -0.39 is 11.8 Å². The molecule has 7 nitrogen and oxygen atoms in total. The highest BCUT2D eigenvalue weighted by molar-refractivity contribution is 5.96. The molecule has 142 valence electrons. The van der Waals surface area contributed by atoms with Crippen LogP contribution < -0.4 is 20.9 Å². The lowest BCUT2D eigenvalue weighted by Gasteiger charge is -2.09. The quantitative estimate of drug-likeness (QED) is 0.620. The van der Waals surface area contributed by atoms with Gasteiger partial charge in [0.2, 0.25) is 11.8 Å². The van der Waals surface area contributed by atoms with Crippen LogP contribution in [0.1, 0.15) is 35.7 Å². The lowest BCUT2D eigenvalue weighted by atomic mass is 10.2. The second-order valence-electron chi connectivity index (χ2n) is 5.73. The maximum atomic E-state index is 12.0. The van der Waals surface area contributed by atoms with E-state index in [4.69, 9.17) is 4.74 Å². The normalized spacial score (nSPS) is 9.96. The molecule has 0 bridgehead atoms. The third kappa shape index (κ3) is 7.19. The summed E-state index contributed by atoms with van der Waals surface area (Å²) >= 11 is 0. The van der Waals surface area contributed by atoms with Crippen LogP contribution in [0.3, 0.4) is 0 Å². The van der Waals surface area contributed by atoms with Crippen molar-refractivity contribution in [1.29, 1.82) is 0 Å². The second-order valence-corrected chi connectivity index (χ2v) is 5.73. The molecule has 0 aromatic heterocycles. The fourth-order valence-electron chi connectivity index (χ4n) is 2.27. The summed E-state index contributed by atoms with van der Waals surface area (Å²) in [5.74, 6) is -0.561. The van der Waals surface area contributed by atoms with Gasteiger partial charge < -0.3 is 10.1 Å². The predicted molar refractivity (Wildman–Crippen MR) is 101 cm³/mol. The molecule has 0 heterocycles. The van der Waals surface area contributed by atoms with Gasteiger partial charge in [0.05, 0.1) is 6.61 Å². The Morgan fingerprint density at radius 2 is 1.63 bits per heavy atom. The van der Waals surface area contributed by atoms with Crippen molar-refractivity contribution in [2.45, 2.75) is 26.3 Å². The fraction of sp³-hybridized carbons (Fsp3) is 0.250. The first-order chi connectivity index (χ1) is 13.1. The van der Waals surface area contributed by atoms with Gasteiger partial charge in [-0.05, 0) is 30.7 Å². The molecule has 0 unspecified atom stereocenters. The zero-order valence-corrected chi connectivity index (χ0v) is 15.2. The number of ether oxygens (including phenoxy) is 1. The molecule has 0 aliphatic carbocycles. The number of hydrazine groups is 1. The van der Waals surface area contributed by atoms with Crippen molar-refractivity contribution in [1.82, 2.24) is 16.2 Å². The van der Waals surface area contributed by atoms with Crippen molar-refractivity contribution < 1.29 is 19.1 Å². The van der Waals surface area contributed by atoms with E-state index in [0.29, 0.717) is 24.5 Å². The zero-order valence-electron chi connectivity index (χ0n) is 15.2. The maximum absolute atomic E-state index is 12.0. The lowest BCUT2D eigenvalue weighted by molar-refractivity contribution is -0.126. The Labute approximate surface area is 158 Å². The summed E-state index contributed by atoms with van der Waals surface area (Å²) in [5, 5.41) is 2.74. The largest absolute Gasteiger partial charge is 0.494 e. The van der Waals surface area contributed by atoms with Gasteiger partial charge in [-0.25, -0.2) is 0 Å². The Hall–Kier alpha value is -3.35. The summed E-state index contributed by atoms with van der Waals surface area (Å²) in [6, 6.07) is 16.1. The molecule has 0 saturated heterocycles. The lowest BCUT2D eigenvalue weighted by Crippen LogP contribution is -2.42. The van der Waals surface area contributed by atoms with Crippen molar-refractivity contribution in [2.75, 3.05) is 6.61 Å². The first kappa shape index (κ1) is 20.0. The third-order valence-corrected chi connectivity index (χ3v) is 3.63. The van der Waals surface area contributed by atoms with Gasteiger partial charge in [-0.1, -0.05) is 36.4 Å². The van der Waals surface area contributed by atoms with Crippen LogP contribution in [0, 0.1) is 0 Å². The highest BCUT2D eigenvalue weighted by Crippen LogP contribution is 2.12. The van der Waals surface area contributed by atoms with Crippen molar-refractivity contribution >= 4 is 17.7 Å². The predicted octanol–water partition coefficient (Wildman–Crippen LogP) is 1.94. The molecule has 2 aromatic carbocycles. The van der Waals surface area contributed by atoms with Crippen molar-refractivity contribution in [3.05, 3.63) is 65.7 Å². The summed E-state index contributed by atoms with van der Waals surface area (Å²) in [4.78, 5) is 35.6. The first-order valence-corrected chi connectivity index (χ1v) is 8.71. The van der Waals surface area contributed by atoms with Crippen LogP contribution in [0.5, 0.6) is 5.75 Å². The smallest absolute Gasteiger partial charge is 0.269 e. The Kier molecular flexibility index (Phi) is 7.84. The monoisotopic (exact) mass is 369 g/mol. The summed E-state index contributed by atoms with van der Waals surface area (Å²) in [6.07, 6.45) is 0.00819. The fourth-order valence-corrected chi connectivity index (χ4v) is 2.27. The van der Waals surface area contributed by atoms with E-state index in [0.717, 1.165) is 5.56 Å². The average Bonchev–Trinajstić information content (AvgIpc) is 2.70. The Morgan fingerprint density at radius 1 is 0.889 bits per heavy atom. The molecule has 0 spiro atoms. The molecule has 0 aliphatic heterocycles. The molecular formula is C20H23N3O4. The average molecular weight is 369 g/mol. The minimum atomic E-state index is -0.460. The van der Waals surface area contributed by atoms with Crippen molar-refractivity contribution in [3.63, 3.8) is 0 Å². The van der Waals surface area contributed by atoms with Crippen LogP contribution in [-0.2, 0) is 16.1 Å².